The van der Waals surface area contributed by atoms with Crippen molar-refractivity contribution in [1.29, 1.82) is 0 Å². The zero-order valence-electron chi connectivity index (χ0n) is 14.1. The Balaban J connectivity index is 1.74. The third-order valence-electron chi connectivity index (χ3n) is 4.29. The molecular weight excluding hydrogens is 303 g/mol. The molecule has 1 aromatic heterocycles. The third-order valence-corrected chi connectivity index (χ3v) is 4.29. The molecule has 0 aliphatic carbocycles. The number of benzene rings is 1. The Kier molecular flexibility index (Phi) is 5.20. The molecule has 1 fully saturated rings. The first-order valence-corrected chi connectivity index (χ1v) is 8.38. The summed E-state index contributed by atoms with van der Waals surface area (Å²) in [6.45, 7) is 10.2. The quantitative estimate of drug-likeness (QED) is 0.882. The van der Waals surface area contributed by atoms with E-state index < -0.39 is 0 Å². The molecule has 1 N–H and O–H groups in total. The van der Waals surface area contributed by atoms with Crippen molar-refractivity contribution in [2.75, 3.05) is 31.5 Å². The topological polar surface area (TPSA) is 41.1 Å². The first-order chi connectivity index (χ1) is 11.6. The van der Waals surface area contributed by atoms with Crippen LogP contribution < -0.4 is 5.32 Å². The number of hydrogen-bond donors (Lipinski definition) is 1. The van der Waals surface area contributed by atoms with E-state index in [0.717, 1.165) is 35.7 Å². The largest absolute Gasteiger partial charge is 0.367 e. The van der Waals surface area contributed by atoms with Crippen LogP contribution >= 0.6 is 0 Å². The zero-order valence-corrected chi connectivity index (χ0v) is 14.1. The van der Waals surface area contributed by atoms with E-state index in [4.69, 9.17) is 0 Å². The summed E-state index contributed by atoms with van der Waals surface area (Å²) >= 11 is 0. The minimum absolute atomic E-state index is 0.259. The van der Waals surface area contributed by atoms with Crippen LogP contribution in [0.15, 0.2) is 37.0 Å². The molecule has 1 aromatic carbocycles. The van der Waals surface area contributed by atoms with Crippen molar-refractivity contribution in [2.24, 2.45) is 0 Å². The van der Waals surface area contributed by atoms with Crippen molar-refractivity contribution in [1.82, 2.24) is 14.9 Å². The maximum Gasteiger partial charge on any atom is 0.152 e. The van der Waals surface area contributed by atoms with Gasteiger partial charge in [0.05, 0.1) is 5.69 Å². The van der Waals surface area contributed by atoms with E-state index in [1.54, 1.807) is 18.3 Å². The fourth-order valence-corrected chi connectivity index (χ4v) is 2.95. The van der Waals surface area contributed by atoms with Crippen LogP contribution in [0.5, 0.6) is 0 Å². The van der Waals surface area contributed by atoms with Crippen LogP contribution in [0.3, 0.4) is 0 Å². The summed E-state index contributed by atoms with van der Waals surface area (Å²) in [5, 5.41) is 3.39. The molecular formula is C19H23FN4. The highest BCUT2D eigenvalue weighted by molar-refractivity contribution is 5.81. The van der Waals surface area contributed by atoms with Gasteiger partial charge in [0, 0.05) is 24.9 Å². The van der Waals surface area contributed by atoms with Crippen molar-refractivity contribution in [3.63, 3.8) is 0 Å². The maximum absolute atomic E-state index is 13.1. The van der Waals surface area contributed by atoms with Gasteiger partial charge >= 0.3 is 0 Å². The molecule has 1 aliphatic rings. The summed E-state index contributed by atoms with van der Waals surface area (Å²) < 4.78 is 13.1. The minimum atomic E-state index is -0.259. The molecule has 1 saturated heterocycles. The van der Waals surface area contributed by atoms with E-state index >= 15 is 0 Å². The molecule has 2 aromatic rings. The molecule has 126 valence electrons. The molecule has 24 heavy (non-hydrogen) atoms. The number of nitrogens with zero attached hydrogens (tertiary/aromatic N) is 3. The fourth-order valence-electron chi connectivity index (χ4n) is 2.95. The van der Waals surface area contributed by atoms with Gasteiger partial charge in [0.2, 0.25) is 0 Å². The lowest BCUT2D eigenvalue weighted by Gasteiger charge is -2.17. The predicted molar refractivity (Wildman–Crippen MR) is 95.5 cm³/mol. The average molecular weight is 326 g/mol. The average Bonchev–Trinajstić information content (AvgIpc) is 3.08. The van der Waals surface area contributed by atoms with Crippen LogP contribution in [0, 0.1) is 12.7 Å². The summed E-state index contributed by atoms with van der Waals surface area (Å²) in [5.41, 5.74) is 3.16. The monoisotopic (exact) mass is 326 g/mol. The van der Waals surface area contributed by atoms with E-state index in [1.807, 2.05) is 6.92 Å². The van der Waals surface area contributed by atoms with E-state index in [0.29, 0.717) is 5.69 Å². The Bertz CT molecular complexity index is 706. The SMILES string of the molecule is C=C(c1ccc(F)cc1)c1ncc(C)nc1NCCN1CCCC1. The summed E-state index contributed by atoms with van der Waals surface area (Å²) in [4.78, 5) is 11.5. The lowest BCUT2D eigenvalue weighted by molar-refractivity contribution is 0.352. The molecule has 3 rings (SSSR count). The number of anilines is 1. The number of nitrogens with one attached hydrogen (secondary N) is 1. The zero-order chi connectivity index (χ0) is 16.9. The van der Waals surface area contributed by atoms with Gasteiger partial charge in [0.15, 0.2) is 5.82 Å². The van der Waals surface area contributed by atoms with Crippen molar-refractivity contribution in [2.45, 2.75) is 19.8 Å². The lowest BCUT2D eigenvalue weighted by Crippen LogP contribution is -2.26. The molecule has 1 aliphatic heterocycles. The summed E-state index contributed by atoms with van der Waals surface area (Å²) in [6, 6.07) is 6.30. The Labute approximate surface area is 142 Å². The number of aromatic nitrogens is 2. The van der Waals surface area contributed by atoms with Gasteiger partial charge in [0.1, 0.15) is 11.5 Å². The number of likely N-dealkylation sites (tertiary alicyclic amines) is 1. The highest BCUT2D eigenvalue weighted by Gasteiger charge is 2.14. The second-order valence-electron chi connectivity index (χ2n) is 6.17. The van der Waals surface area contributed by atoms with Crippen LogP contribution in [-0.4, -0.2) is 41.0 Å². The van der Waals surface area contributed by atoms with Crippen LogP contribution in [0.1, 0.15) is 29.8 Å². The summed E-state index contributed by atoms with van der Waals surface area (Å²) in [5.74, 6) is 0.481. The molecule has 0 spiro atoms. The number of aryl methyl sites for hydroxylation is 1. The standard InChI is InChI=1S/C19H23FN4/c1-14-13-22-18(15(2)16-5-7-17(20)8-6-16)19(23-14)21-9-12-24-10-3-4-11-24/h5-8,13H,2-4,9-12H2,1H3,(H,21,23). The van der Waals surface area contributed by atoms with E-state index in [1.165, 1.54) is 38.1 Å². The second-order valence-corrected chi connectivity index (χ2v) is 6.17. The van der Waals surface area contributed by atoms with Crippen LogP contribution in [0.4, 0.5) is 10.2 Å². The molecule has 0 bridgehead atoms. The van der Waals surface area contributed by atoms with Gasteiger partial charge in [0.25, 0.3) is 0 Å². The van der Waals surface area contributed by atoms with Gasteiger partial charge in [-0.1, -0.05) is 18.7 Å². The van der Waals surface area contributed by atoms with Gasteiger partial charge in [-0.3, -0.25) is 4.98 Å². The Morgan fingerprint density at radius 3 is 2.67 bits per heavy atom. The normalized spacial score (nSPS) is 14.8. The molecule has 0 amide bonds. The summed E-state index contributed by atoms with van der Waals surface area (Å²) in [7, 11) is 0. The van der Waals surface area contributed by atoms with Gasteiger partial charge in [-0.25, -0.2) is 9.37 Å². The second kappa shape index (κ2) is 7.53. The van der Waals surface area contributed by atoms with E-state index in [-0.39, 0.29) is 5.82 Å². The minimum Gasteiger partial charge on any atom is -0.367 e. The highest BCUT2D eigenvalue weighted by Crippen LogP contribution is 2.25. The Morgan fingerprint density at radius 2 is 1.96 bits per heavy atom. The Hall–Kier alpha value is -2.27. The maximum atomic E-state index is 13.1. The molecule has 0 saturated carbocycles. The van der Waals surface area contributed by atoms with Crippen molar-refractivity contribution >= 4 is 11.4 Å². The molecule has 0 radical (unpaired) electrons. The van der Waals surface area contributed by atoms with Crippen molar-refractivity contribution in [3.05, 3.63) is 59.8 Å². The first kappa shape index (κ1) is 16.6. The van der Waals surface area contributed by atoms with Gasteiger partial charge < -0.3 is 10.2 Å². The Morgan fingerprint density at radius 1 is 1.25 bits per heavy atom. The van der Waals surface area contributed by atoms with Gasteiger partial charge in [-0.2, -0.15) is 0 Å². The summed E-state index contributed by atoms with van der Waals surface area (Å²) in [6.07, 6.45) is 4.31. The van der Waals surface area contributed by atoms with Crippen LogP contribution in [0.25, 0.3) is 5.57 Å². The van der Waals surface area contributed by atoms with Crippen molar-refractivity contribution < 1.29 is 4.39 Å². The predicted octanol–water partition coefficient (Wildman–Crippen LogP) is 3.49. The smallest absolute Gasteiger partial charge is 0.152 e. The molecule has 5 heteroatoms. The molecule has 4 nitrogen and oxygen atoms in total. The number of rotatable bonds is 6. The van der Waals surface area contributed by atoms with Crippen LogP contribution in [-0.2, 0) is 0 Å². The number of hydrogen-bond acceptors (Lipinski definition) is 4. The third kappa shape index (κ3) is 3.97. The molecule has 2 heterocycles. The fraction of sp³-hybridized carbons (Fsp3) is 0.368. The number of halogens is 1. The van der Waals surface area contributed by atoms with Crippen molar-refractivity contribution in [3.8, 4) is 0 Å². The lowest BCUT2D eigenvalue weighted by atomic mass is 10.0. The highest BCUT2D eigenvalue weighted by atomic mass is 19.1. The van der Waals surface area contributed by atoms with Gasteiger partial charge in [-0.05, 0) is 50.6 Å². The first-order valence-electron chi connectivity index (χ1n) is 8.38. The van der Waals surface area contributed by atoms with E-state index in [9.17, 15) is 4.39 Å². The molecule has 0 atom stereocenters. The van der Waals surface area contributed by atoms with Gasteiger partial charge in [-0.15, -0.1) is 0 Å². The molecule has 0 unspecified atom stereocenters. The van der Waals surface area contributed by atoms with E-state index in [2.05, 4.69) is 26.8 Å². The van der Waals surface area contributed by atoms with Crippen LogP contribution in [0.2, 0.25) is 0 Å².